The van der Waals surface area contributed by atoms with Gasteiger partial charge in [0.05, 0.1) is 6.20 Å². The molecule has 0 aliphatic heterocycles. The van der Waals surface area contributed by atoms with Crippen LogP contribution in [0.1, 0.15) is 6.92 Å². The first-order valence-electron chi connectivity index (χ1n) is 5.92. The molecule has 0 aliphatic rings. The lowest BCUT2D eigenvalue weighted by Crippen LogP contribution is -2.10. The molecule has 1 heterocycles. The summed E-state index contributed by atoms with van der Waals surface area (Å²) in [4.78, 5) is 0. The average molecular weight is 247 g/mol. The van der Waals surface area contributed by atoms with Crippen LogP contribution in [0.25, 0.3) is 0 Å². The molecule has 1 aromatic heterocycles. The minimum Gasteiger partial charge on any atom is -0.492 e. The molecule has 0 radical (unpaired) electrons. The van der Waals surface area contributed by atoms with E-state index < -0.39 is 0 Å². The monoisotopic (exact) mass is 247 g/mol. The molecule has 1 aromatic carbocycles. The number of rotatable bonds is 6. The van der Waals surface area contributed by atoms with Crippen molar-refractivity contribution in [2.24, 2.45) is 5.73 Å². The smallest absolute Gasteiger partial charge is 0.149 e. The maximum atomic E-state index is 5.47. The van der Waals surface area contributed by atoms with Gasteiger partial charge in [0, 0.05) is 24.8 Å². The van der Waals surface area contributed by atoms with E-state index in [0.29, 0.717) is 13.2 Å². The molecule has 0 amide bonds. The summed E-state index contributed by atoms with van der Waals surface area (Å²) in [5.74, 6) is 1.65. The number of ether oxygens (including phenoxy) is 1. The zero-order valence-electron chi connectivity index (χ0n) is 10.3. The Bertz CT molecular complexity index is 497. The molecule has 0 spiro atoms. The summed E-state index contributed by atoms with van der Waals surface area (Å²) in [6.45, 7) is 3.80. The van der Waals surface area contributed by atoms with Crippen LogP contribution in [0, 0.1) is 0 Å². The Hall–Kier alpha value is -2.08. The van der Waals surface area contributed by atoms with E-state index in [0.717, 1.165) is 23.8 Å². The first-order chi connectivity index (χ1) is 8.83. The normalized spacial score (nSPS) is 10.3. The van der Waals surface area contributed by atoms with Gasteiger partial charge < -0.3 is 15.8 Å². The van der Waals surface area contributed by atoms with E-state index in [-0.39, 0.29) is 0 Å². The molecule has 3 N–H and O–H groups in total. The van der Waals surface area contributed by atoms with Crippen molar-refractivity contribution in [3.63, 3.8) is 0 Å². The lowest BCUT2D eigenvalue weighted by Gasteiger charge is -2.09. The Labute approximate surface area is 106 Å². The molecule has 0 fully saturated rings. The fourth-order valence-corrected chi connectivity index (χ4v) is 1.58. The molecule has 6 nitrogen and oxygen atoms in total. The van der Waals surface area contributed by atoms with Crippen LogP contribution in [0.3, 0.4) is 0 Å². The fraction of sp³-hybridized carbons (Fsp3) is 0.333. The number of anilines is 2. The molecule has 0 saturated heterocycles. The fourth-order valence-electron chi connectivity index (χ4n) is 1.58. The van der Waals surface area contributed by atoms with E-state index in [4.69, 9.17) is 10.5 Å². The molecule has 96 valence electrons. The highest BCUT2D eigenvalue weighted by Gasteiger charge is 2.03. The third-order valence-corrected chi connectivity index (χ3v) is 2.41. The van der Waals surface area contributed by atoms with Crippen LogP contribution in [-0.2, 0) is 6.54 Å². The lowest BCUT2D eigenvalue weighted by molar-refractivity contribution is 0.328. The van der Waals surface area contributed by atoms with Crippen LogP contribution >= 0.6 is 0 Å². The summed E-state index contributed by atoms with van der Waals surface area (Å²) in [7, 11) is 0. The van der Waals surface area contributed by atoms with Crippen LogP contribution in [0.4, 0.5) is 11.5 Å². The zero-order valence-corrected chi connectivity index (χ0v) is 10.3. The summed E-state index contributed by atoms with van der Waals surface area (Å²) in [5, 5.41) is 11.1. The topological polar surface area (TPSA) is 78.0 Å². The van der Waals surface area contributed by atoms with E-state index >= 15 is 0 Å². The van der Waals surface area contributed by atoms with E-state index in [1.165, 1.54) is 0 Å². The van der Waals surface area contributed by atoms with Crippen molar-refractivity contribution in [1.29, 1.82) is 0 Å². The van der Waals surface area contributed by atoms with Gasteiger partial charge >= 0.3 is 0 Å². The van der Waals surface area contributed by atoms with Gasteiger partial charge in [-0.25, -0.2) is 4.68 Å². The highest BCUT2D eigenvalue weighted by Crippen LogP contribution is 2.20. The number of benzene rings is 1. The maximum absolute atomic E-state index is 5.47. The Balaban J connectivity index is 2.09. The average Bonchev–Trinajstić information content (AvgIpc) is 2.84. The Morgan fingerprint density at radius 1 is 1.44 bits per heavy atom. The highest BCUT2D eigenvalue weighted by atomic mass is 16.5. The van der Waals surface area contributed by atoms with Gasteiger partial charge in [0.15, 0.2) is 0 Å². The number of nitrogens with two attached hydrogens (primary N) is 1. The van der Waals surface area contributed by atoms with Gasteiger partial charge in [0.1, 0.15) is 18.2 Å². The summed E-state index contributed by atoms with van der Waals surface area (Å²) in [6.07, 6.45) is 1.69. The van der Waals surface area contributed by atoms with Crippen molar-refractivity contribution in [1.82, 2.24) is 15.0 Å². The van der Waals surface area contributed by atoms with Crippen molar-refractivity contribution in [3.8, 4) is 5.75 Å². The largest absolute Gasteiger partial charge is 0.492 e. The van der Waals surface area contributed by atoms with Crippen molar-refractivity contribution >= 4 is 11.5 Å². The van der Waals surface area contributed by atoms with Gasteiger partial charge in [-0.3, -0.25) is 0 Å². The predicted octanol–water partition coefficient (Wildman–Crippen LogP) is 1.38. The molecule has 0 aliphatic carbocycles. The van der Waals surface area contributed by atoms with Gasteiger partial charge in [-0.2, -0.15) is 0 Å². The third kappa shape index (κ3) is 2.98. The summed E-state index contributed by atoms with van der Waals surface area (Å²) >= 11 is 0. The van der Waals surface area contributed by atoms with Crippen LogP contribution < -0.4 is 15.8 Å². The van der Waals surface area contributed by atoms with Crippen LogP contribution in [0.5, 0.6) is 5.75 Å². The van der Waals surface area contributed by atoms with Crippen molar-refractivity contribution in [2.75, 3.05) is 18.5 Å². The number of hydrogen-bond acceptors (Lipinski definition) is 5. The van der Waals surface area contributed by atoms with Crippen LogP contribution in [0.2, 0.25) is 0 Å². The van der Waals surface area contributed by atoms with Gasteiger partial charge in [-0.1, -0.05) is 11.3 Å². The van der Waals surface area contributed by atoms with Gasteiger partial charge in [0.25, 0.3) is 0 Å². The molecule has 6 heteroatoms. The highest BCUT2D eigenvalue weighted by molar-refractivity contribution is 5.57. The van der Waals surface area contributed by atoms with E-state index in [1.54, 1.807) is 10.9 Å². The predicted molar refractivity (Wildman–Crippen MR) is 70.0 cm³/mol. The number of aromatic nitrogens is 3. The minimum absolute atomic E-state index is 0.504. The quantitative estimate of drug-likeness (QED) is 0.806. The van der Waals surface area contributed by atoms with Crippen molar-refractivity contribution < 1.29 is 4.74 Å². The first-order valence-corrected chi connectivity index (χ1v) is 5.92. The summed E-state index contributed by atoms with van der Waals surface area (Å²) in [5.41, 5.74) is 6.33. The van der Waals surface area contributed by atoms with Crippen LogP contribution in [0.15, 0.2) is 30.5 Å². The lowest BCUT2D eigenvalue weighted by atomic mass is 10.3. The molecule has 18 heavy (non-hydrogen) atoms. The SMILES string of the molecule is CCn1nncc1Nc1cccc(OCCN)c1. The molecule has 0 unspecified atom stereocenters. The van der Waals surface area contributed by atoms with Crippen LogP contribution in [-0.4, -0.2) is 28.1 Å². The Morgan fingerprint density at radius 3 is 3.11 bits per heavy atom. The number of aryl methyl sites for hydroxylation is 1. The van der Waals surface area contributed by atoms with E-state index in [9.17, 15) is 0 Å². The van der Waals surface area contributed by atoms with Gasteiger partial charge in [-0.05, 0) is 19.1 Å². The molecule has 2 rings (SSSR count). The van der Waals surface area contributed by atoms with E-state index in [2.05, 4.69) is 15.6 Å². The summed E-state index contributed by atoms with van der Waals surface area (Å²) in [6, 6.07) is 7.70. The number of nitrogens with one attached hydrogen (secondary N) is 1. The second-order valence-corrected chi connectivity index (χ2v) is 3.72. The molecular weight excluding hydrogens is 230 g/mol. The number of hydrogen-bond donors (Lipinski definition) is 2. The second-order valence-electron chi connectivity index (χ2n) is 3.72. The maximum Gasteiger partial charge on any atom is 0.149 e. The standard InChI is InChI=1S/C12H17N5O/c1-2-17-12(9-14-16-17)15-10-4-3-5-11(8-10)18-7-6-13/h3-5,8-9,15H,2,6-7,13H2,1H3. The van der Waals surface area contributed by atoms with Gasteiger partial charge in [-0.15, -0.1) is 5.10 Å². The first kappa shape index (κ1) is 12.4. The summed E-state index contributed by atoms with van der Waals surface area (Å²) < 4.78 is 7.25. The molecule has 0 bridgehead atoms. The molecule has 2 aromatic rings. The van der Waals surface area contributed by atoms with Crippen molar-refractivity contribution in [2.45, 2.75) is 13.5 Å². The van der Waals surface area contributed by atoms with Gasteiger partial charge in [0.2, 0.25) is 0 Å². The van der Waals surface area contributed by atoms with E-state index in [1.807, 2.05) is 31.2 Å². The third-order valence-electron chi connectivity index (χ3n) is 2.41. The molecule has 0 saturated carbocycles. The second kappa shape index (κ2) is 6.02. The minimum atomic E-state index is 0.504. The van der Waals surface area contributed by atoms with Crippen molar-refractivity contribution in [3.05, 3.63) is 30.5 Å². The Kier molecular flexibility index (Phi) is 4.14. The zero-order chi connectivity index (χ0) is 12.8. The molecular formula is C12H17N5O. The Morgan fingerprint density at radius 2 is 2.33 bits per heavy atom. The molecule has 0 atom stereocenters. The number of nitrogens with zero attached hydrogens (tertiary/aromatic N) is 3.